The molecular formula is C21H25F2N3O3S. The Labute approximate surface area is 175 Å². The zero-order chi connectivity index (χ0) is 21.7. The number of nitrogens with zero attached hydrogens (tertiary/aromatic N) is 2. The molecule has 1 aliphatic heterocycles. The minimum Gasteiger partial charge on any atom is -0.344 e. The van der Waals surface area contributed by atoms with Gasteiger partial charge in [-0.1, -0.05) is 30.3 Å². The van der Waals surface area contributed by atoms with Crippen LogP contribution in [0.3, 0.4) is 0 Å². The molecule has 1 fully saturated rings. The molecule has 1 N–H and O–H groups in total. The van der Waals surface area contributed by atoms with Gasteiger partial charge in [-0.3, -0.25) is 9.69 Å². The predicted octanol–water partition coefficient (Wildman–Crippen LogP) is 2.40. The average Bonchev–Trinajstić information content (AvgIpc) is 2.75. The molecule has 1 amide bonds. The van der Waals surface area contributed by atoms with Crippen LogP contribution in [0.15, 0.2) is 59.5 Å². The zero-order valence-electron chi connectivity index (χ0n) is 16.7. The SMILES string of the molecule is CN1CCN(CC(NC(=O)c2ccc(S(=O)(=O)C(F)F)cc2)c2ccccc2)CC1. The Morgan fingerprint density at radius 2 is 1.60 bits per heavy atom. The molecule has 0 radical (unpaired) electrons. The number of nitrogens with one attached hydrogen (secondary N) is 1. The van der Waals surface area contributed by atoms with Crippen LogP contribution in [-0.4, -0.2) is 69.7 Å². The molecule has 1 unspecified atom stereocenters. The first kappa shape index (κ1) is 22.3. The Morgan fingerprint density at radius 1 is 1.00 bits per heavy atom. The lowest BCUT2D eigenvalue weighted by Crippen LogP contribution is -2.47. The third-order valence-corrected chi connectivity index (χ3v) is 6.62. The Balaban J connectivity index is 1.74. The van der Waals surface area contributed by atoms with Gasteiger partial charge in [-0.05, 0) is 36.9 Å². The van der Waals surface area contributed by atoms with Crippen molar-refractivity contribution in [2.75, 3.05) is 39.8 Å². The quantitative estimate of drug-likeness (QED) is 0.721. The van der Waals surface area contributed by atoms with Crippen molar-refractivity contribution in [3.05, 3.63) is 65.7 Å². The van der Waals surface area contributed by atoms with Gasteiger partial charge < -0.3 is 10.2 Å². The molecule has 1 atom stereocenters. The van der Waals surface area contributed by atoms with Crippen LogP contribution in [0.1, 0.15) is 22.0 Å². The fourth-order valence-corrected chi connectivity index (χ4v) is 4.07. The van der Waals surface area contributed by atoms with Gasteiger partial charge in [0.2, 0.25) is 9.84 Å². The van der Waals surface area contributed by atoms with Crippen LogP contribution in [-0.2, 0) is 9.84 Å². The highest BCUT2D eigenvalue weighted by Crippen LogP contribution is 2.20. The molecule has 0 saturated carbocycles. The molecule has 0 aromatic heterocycles. The molecule has 9 heteroatoms. The maximum absolute atomic E-state index is 12.8. The van der Waals surface area contributed by atoms with E-state index in [1.807, 2.05) is 30.3 Å². The van der Waals surface area contributed by atoms with E-state index in [4.69, 9.17) is 0 Å². The summed E-state index contributed by atoms with van der Waals surface area (Å²) in [5, 5.41) is 3.00. The Kier molecular flexibility index (Phi) is 7.17. The molecule has 0 aliphatic carbocycles. The van der Waals surface area contributed by atoms with E-state index < -0.39 is 20.5 Å². The van der Waals surface area contributed by atoms with E-state index in [0.29, 0.717) is 6.54 Å². The van der Waals surface area contributed by atoms with Gasteiger partial charge in [0.05, 0.1) is 10.9 Å². The maximum atomic E-state index is 12.8. The standard InChI is InChI=1S/C21H25F2N3O3S/c1-25-11-13-26(14-12-25)15-19(16-5-3-2-4-6-16)24-20(27)17-7-9-18(10-8-17)30(28,29)21(22)23/h2-10,19,21H,11-15H2,1H3,(H,24,27). The van der Waals surface area contributed by atoms with E-state index in [1.165, 1.54) is 12.1 Å². The van der Waals surface area contributed by atoms with E-state index in [0.717, 1.165) is 43.9 Å². The summed E-state index contributed by atoms with van der Waals surface area (Å²) in [4.78, 5) is 16.8. The number of piperazine rings is 1. The number of likely N-dealkylation sites (N-methyl/N-ethyl adjacent to an activating group) is 1. The largest absolute Gasteiger partial charge is 0.344 e. The number of rotatable bonds is 7. The van der Waals surface area contributed by atoms with Crippen LogP contribution >= 0.6 is 0 Å². The monoisotopic (exact) mass is 437 g/mol. The lowest BCUT2D eigenvalue weighted by Gasteiger charge is -2.35. The van der Waals surface area contributed by atoms with E-state index in [-0.39, 0.29) is 17.5 Å². The molecule has 0 bridgehead atoms. The molecule has 162 valence electrons. The normalized spacial score (nSPS) is 17.1. The third kappa shape index (κ3) is 5.41. The number of halogens is 2. The Morgan fingerprint density at radius 3 is 2.17 bits per heavy atom. The third-order valence-electron chi connectivity index (χ3n) is 5.22. The smallest absolute Gasteiger partial charge is 0.341 e. The van der Waals surface area contributed by atoms with Crippen molar-refractivity contribution < 1.29 is 22.0 Å². The van der Waals surface area contributed by atoms with Gasteiger partial charge >= 0.3 is 5.76 Å². The minimum absolute atomic E-state index is 0.211. The van der Waals surface area contributed by atoms with Crippen LogP contribution < -0.4 is 5.32 Å². The van der Waals surface area contributed by atoms with Crippen molar-refractivity contribution in [2.45, 2.75) is 16.7 Å². The van der Waals surface area contributed by atoms with Crippen LogP contribution in [0.25, 0.3) is 0 Å². The van der Waals surface area contributed by atoms with Crippen LogP contribution in [0, 0.1) is 0 Å². The second kappa shape index (κ2) is 9.63. The highest BCUT2D eigenvalue weighted by atomic mass is 32.2. The topological polar surface area (TPSA) is 69.7 Å². The molecular weight excluding hydrogens is 412 g/mol. The van der Waals surface area contributed by atoms with Crippen molar-refractivity contribution in [1.29, 1.82) is 0 Å². The van der Waals surface area contributed by atoms with Crippen LogP contribution in [0.2, 0.25) is 0 Å². The summed E-state index contributed by atoms with van der Waals surface area (Å²) in [6, 6.07) is 13.9. The van der Waals surface area contributed by atoms with Crippen molar-refractivity contribution >= 4 is 15.7 Å². The number of hydrogen-bond donors (Lipinski definition) is 1. The average molecular weight is 438 g/mol. The molecule has 1 aliphatic rings. The van der Waals surface area contributed by atoms with Crippen LogP contribution in [0.5, 0.6) is 0 Å². The lowest BCUT2D eigenvalue weighted by atomic mass is 10.0. The number of hydrogen-bond acceptors (Lipinski definition) is 5. The summed E-state index contributed by atoms with van der Waals surface area (Å²) in [5.74, 6) is -3.89. The van der Waals surface area contributed by atoms with Crippen molar-refractivity contribution in [2.24, 2.45) is 0 Å². The number of sulfone groups is 1. The van der Waals surface area contributed by atoms with Gasteiger partial charge in [0.15, 0.2) is 0 Å². The van der Waals surface area contributed by atoms with E-state index >= 15 is 0 Å². The minimum atomic E-state index is -4.68. The summed E-state index contributed by atoms with van der Waals surface area (Å²) in [6.45, 7) is 4.35. The number of benzene rings is 2. The first-order chi connectivity index (χ1) is 14.3. The molecule has 2 aromatic carbocycles. The molecule has 0 spiro atoms. The van der Waals surface area contributed by atoms with Crippen molar-refractivity contribution in [1.82, 2.24) is 15.1 Å². The summed E-state index contributed by atoms with van der Waals surface area (Å²) >= 11 is 0. The first-order valence-electron chi connectivity index (χ1n) is 9.66. The maximum Gasteiger partial charge on any atom is 0.341 e. The molecule has 6 nitrogen and oxygen atoms in total. The second-order valence-electron chi connectivity index (χ2n) is 7.37. The Bertz CT molecular complexity index is 945. The number of carbonyl (C=O) groups excluding carboxylic acids is 1. The number of carbonyl (C=O) groups is 1. The van der Waals surface area contributed by atoms with Gasteiger partial charge in [-0.25, -0.2) is 8.42 Å². The number of alkyl halides is 2. The molecule has 1 saturated heterocycles. The summed E-state index contributed by atoms with van der Waals surface area (Å²) in [6.07, 6.45) is 0. The molecule has 3 rings (SSSR count). The van der Waals surface area contributed by atoms with Crippen molar-refractivity contribution in [3.63, 3.8) is 0 Å². The van der Waals surface area contributed by atoms with Gasteiger partial charge in [-0.2, -0.15) is 8.78 Å². The second-order valence-corrected chi connectivity index (χ2v) is 9.29. The Hall–Kier alpha value is -2.36. The van der Waals surface area contributed by atoms with Gasteiger partial charge in [0.25, 0.3) is 5.91 Å². The summed E-state index contributed by atoms with van der Waals surface area (Å²) in [5.41, 5.74) is 1.17. The van der Waals surface area contributed by atoms with Gasteiger partial charge in [-0.15, -0.1) is 0 Å². The zero-order valence-corrected chi connectivity index (χ0v) is 17.5. The molecule has 30 heavy (non-hydrogen) atoms. The number of amides is 1. The highest BCUT2D eigenvalue weighted by Gasteiger charge is 2.27. The van der Waals surface area contributed by atoms with Gasteiger partial charge in [0.1, 0.15) is 0 Å². The highest BCUT2D eigenvalue weighted by molar-refractivity contribution is 7.91. The van der Waals surface area contributed by atoms with Crippen LogP contribution in [0.4, 0.5) is 8.78 Å². The van der Waals surface area contributed by atoms with E-state index in [1.54, 1.807) is 0 Å². The fourth-order valence-electron chi connectivity index (χ4n) is 3.35. The van der Waals surface area contributed by atoms with E-state index in [2.05, 4.69) is 22.2 Å². The van der Waals surface area contributed by atoms with Gasteiger partial charge in [0, 0.05) is 38.3 Å². The fraction of sp³-hybridized carbons (Fsp3) is 0.381. The first-order valence-corrected chi connectivity index (χ1v) is 11.2. The van der Waals surface area contributed by atoms with Crippen molar-refractivity contribution in [3.8, 4) is 0 Å². The lowest BCUT2D eigenvalue weighted by molar-refractivity contribution is 0.0907. The van der Waals surface area contributed by atoms with E-state index in [9.17, 15) is 22.0 Å². The summed E-state index contributed by atoms with van der Waals surface area (Å²) < 4.78 is 48.5. The summed E-state index contributed by atoms with van der Waals surface area (Å²) in [7, 11) is -2.61. The predicted molar refractivity (Wildman–Crippen MR) is 110 cm³/mol. The molecule has 2 aromatic rings. The molecule has 1 heterocycles.